The standard InChI is InChI=1S/C14H29NS/c1-4-6-13(12-16)11-15-9-5-7-14(2,3)8-10-15/h13,16H,4-12H2,1-3H3. The quantitative estimate of drug-likeness (QED) is 0.718. The van der Waals surface area contributed by atoms with E-state index in [9.17, 15) is 0 Å². The van der Waals surface area contributed by atoms with E-state index in [0.717, 1.165) is 11.7 Å². The second kappa shape index (κ2) is 6.90. The zero-order valence-corrected chi connectivity index (χ0v) is 12.2. The van der Waals surface area contributed by atoms with Crippen LogP contribution in [0.1, 0.15) is 52.9 Å². The maximum atomic E-state index is 4.48. The van der Waals surface area contributed by atoms with Gasteiger partial charge >= 0.3 is 0 Å². The van der Waals surface area contributed by atoms with Crippen molar-refractivity contribution in [2.75, 3.05) is 25.4 Å². The Bertz CT molecular complexity index is 191. The van der Waals surface area contributed by atoms with Crippen molar-refractivity contribution in [1.82, 2.24) is 4.90 Å². The van der Waals surface area contributed by atoms with Crippen LogP contribution in [0.3, 0.4) is 0 Å². The predicted octanol–water partition coefficient (Wildman–Crippen LogP) is 3.84. The second-order valence-electron chi connectivity index (χ2n) is 6.16. The lowest BCUT2D eigenvalue weighted by Gasteiger charge is -2.26. The smallest absolute Gasteiger partial charge is 0.00175 e. The molecule has 1 saturated heterocycles. The van der Waals surface area contributed by atoms with Crippen LogP contribution in [0.5, 0.6) is 0 Å². The fraction of sp³-hybridized carbons (Fsp3) is 1.00. The SMILES string of the molecule is CCCC(CS)CN1CCCC(C)(C)CC1. The molecule has 0 saturated carbocycles. The number of thiol groups is 1. The van der Waals surface area contributed by atoms with Gasteiger partial charge in [-0.25, -0.2) is 0 Å². The minimum atomic E-state index is 0.565. The van der Waals surface area contributed by atoms with E-state index in [4.69, 9.17) is 0 Å². The molecule has 0 aromatic carbocycles. The lowest BCUT2D eigenvalue weighted by atomic mass is 9.85. The lowest BCUT2D eigenvalue weighted by Crippen LogP contribution is -2.31. The molecule has 0 bridgehead atoms. The van der Waals surface area contributed by atoms with Gasteiger partial charge in [0.05, 0.1) is 0 Å². The minimum absolute atomic E-state index is 0.565. The summed E-state index contributed by atoms with van der Waals surface area (Å²) >= 11 is 4.48. The summed E-state index contributed by atoms with van der Waals surface area (Å²) in [5.74, 6) is 1.85. The van der Waals surface area contributed by atoms with E-state index in [2.05, 4.69) is 38.3 Å². The third-order valence-electron chi connectivity index (χ3n) is 3.90. The van der Waals surface area contributed by atoms with Crippen LogP contribution in [0.25, 0.3) is 0 Å². The molecular formula is C14H29NS. The third kappa shape index (κ3) is 5.09. The van der Waals surface area contributed by atoms with Crippen LogP contribution in [-0.4, -0.2) is 30.3 Å². The van der Waals surface area contributed by atoms with Crippen LogP contribution in [0.2, 0.25) is 0 Å². The topological polar surface area (TPSA) is 3.24 Å². The minimum Gasteiger partial charge on any atom is -0.303 e. The van der Waals surface area contributed by atoms with Crippen molar-refractivity contribution in [3.05, 3.63) is 0 Å². The molecule has 1 fully saturated rings. The van der Waals surface area contributed by atoms with E-state index < -0.39 is 0 Å². The number of hydrogen-bond donors (Lipinski definition) is 1. The van der Waals surface area contributed by atoms with Crippen molar-refractivity contribution >= 4 is 12.6 Å². The normalized spacial score (nSPS) is 24.0. The zero-order valence-electron chi connectivity index (χ0n) is 11.3. The van der Waals surface area contributed by atoms with E-state index in [1.165, 1.54) is 51.7 Å². The first-order chi connectivity index (χ1) is 7.57. The average molecular weight is 243 g/mol. The summed E-state index contributed by atoms with van der Waals surface area (Å²) < 4.78 is 0. The Morgan fingerprint density at radius 3 is 2.62 bits per heavy atom. The molecule has 1 unspecified atom stereocenters. The maximum absolute atomic E-state index is 4.48. The molecule has 1 atom stereocenters. The van der Waals surface area contributed by atoms with Crippen LogP contribution < -0.4 is 0 Å². The van der Waals surface area contributed by atoms with Gasteiger partial charge in [0.2, 0.25) is 0 Å². The molecule has 0 aromatic rings. The second-order valence-corrected chi connectivity index (χ2v) is 6.52. The Hall–Kier alpha value is 0.310. The van der Waals surface area contributed by atoms with Crippen LogP contribution in [0.4, 0.5) is 0 Å². The maximum Gasteiger partial charge on any atom is 0.00175 e. The van der Waals surface area contributed by atoms with Crippen LogP contribution in [0, 0.1) is 11.3 Å². The molecule has 0 spiro atoms. The van der Waals surface area contributed by atoms with E-state index in [1.54, 1.807) is 0 Å². The van der Waals surface area contributed by atoms with E-state index >= 15 is 0 Å². The Morgan fingerprint density at radius 2 is 2.00 bits per heavy atom. The van der Waals surface area contributed by atoms with Crippen molar-refractivity contribution in [3.63, 3.8) is 0 Å². The lowest BCUT2D eigenvalue weighted by molar-refractivity contribution is 0.229. The molecule has 1 aliphatic heterocycles. The summed E-state index contributed by atoms with van der Waals surface area (Å²) in [4.78, 5) is 2.67. The third-order valence-corrected chi connectivity index (χ3v) is 4.42. The van der Waals surface area contributed by atoms with Gasteiger partial charge in [-0.2, -0.15) is 12.6 Å². The number of likely N-dealkylation sites (tertiary alicyclic amines) is 1. The highest BCUT2D eigenvalue weighted by Gasteiger charge is 2.23. The van der Waals surface area contributed by atoms with Gasteiger partial charge in [0.15, 0.2) is 0 Å². The van der Waals surface area contributed by atoms with Crippen LogP contribution in [-0.2, 0) is 0 Å². The van der Waals surface area contributed by atoms with Crippen molar-refractivity contribution in [2.24, 2.45) is 11.3 Å². The summed E-state index contributed by atoms with van der Waals surface area (Å²) in [6.07, 6.45) is 6.76. The largest absolute Gasteiger partial charge is 0.303 e. The molecule has 1 nitrogen and oxygen atoms in total. The molecule has 2 heteroatoms. The monoisotopic (exact) mass is 243 g/mol. The number of hydrogen-bond acceptors (Lipinski definition) is 2. The van der Waals surface area contributed by atoms with Gasteiger partial charge in [0.1, 0.15) is 0 Å². The van der Waals surface area contributed by atoms with Gasteiger partial charge < -0.3 is 4.90 Å². The average Bonchev–Trinajstić information content (AvgIpc) is 2.40. The Labute approximate surface area is 107 Å². The molecule has 96 valence electrons. The number of rotatable bonds is 5. The summed E-state index contributed by atoms with van der Waals surface area (Å²) in [5, 5.41) is 0. The molecule has 1 heterocycles. The predicted molar refractivity (Wildman–Crippen MR) is 76.3 cm³/mol. The molecule has 1 aliphatic rings. The van der Waals surface area contributed by atoms with Crippen LogP contribution >= 0.6 is 12.6 Å². The summed E-state index contributed by atoms with van der Waals surface area (Å²) in [5.41, 5.74) is 0.565. The molecule has 0 amide bonds. The van der Waals surface area contributed by atoms with Gasteiger partial charge in [0.25, 0.3) is 0 Å². The zero-order chi connectivity index (χ0) is 12.0. The fourth-order valence-electron chi connectivity index (χ4n) is 2.68. The Balaban J connectivity index is 2.36. The molecule has 1 rings (SSSR count). The number of nitrogens with zero attached hydrogens (tertiary/aromatic N) is 1. The highest BCUT2D eigenvalue weighted by Crippen LogP contribution is 2.30. The molecule has 0 aliphatic carbocycles. The first-order valence-electron chi connectivity index (χ1n) is 6.90. The summed E-state index contributed by atoms with van der Waals surface area (Å²) in [6, 6.07) is 0. The fourth-order valence-corrected chi connectivity index (χ4v) is 2.97. The molecule has 0 radical (unpaired) electrons. The Morgan fingerprint density at radius 1 is 1.25 bits per heavy atom. The van der Waals surface area contributed by atoms with Crippen LogP contribution in [0.15, 0.2) is 0 Å². The van der Waals surface area contributed by atoms with Gasteiger partial charge in [-0.05, 0) is 55.9 Å². The van der Waals surface area contributed by atoms with Gasteiger partial charge in [-0.3, -0.25) is 0 Å². The summed E-state index contributed by atoms with van der Waals surface area (Å²) in [6.45, 7) is 11.0. The highest BCUT2D eigenvalue weighted by molar-refractivity contribution is 7.80. The van der Waals surface area contributed by atoms with Crippen molar-refractivity contribution in [1.29, 1.82) is 0 Å². The summed E-state index contributed by atoms with van der Waals surface area (Å²) in [7, 11) is 0. The van der Waals surface area contributed by atoms with Crippen molar-refractivity contribution < 1.29 is 0 Å². The van der Waals surface area contributed by atoms with E-state index in [-0.39, 0.29) is 0 Å². The van der Waals surface area contributed by atoms with E-state index in [0.29, 0.717) is 5.41 Å². The Kier molecular flexibility index (Phi) is 6.20. The van der Waals surface area contributed by atoms with Gasteiger partial charge in [0, 0.05) is 6.54 Å². The highest BCUT2D eigenvalue weighted by atomic mass is 32.1. The van der Waals surface area contributed by atoms with Gasteiger partial charge in [-0.15, -0.1) is 0 Å². The molecule has 0 N–H and O–H groups in total. The first-order valence-corrected chi connectivity index (χ1v) is 7.54. The first kappa shape index (κ1) is 14.4. The van der Waals surface area contributed by atoms with Crippen molar-refractivity contribution in [3.8, 4) is 0 Å². The molecule has 16 heavy (non-hydrogen) atoms. The molecular weight excluding hydrogens is 214 g/mol. The molecule has 0 aromatic heterocycles. The van der Waals surface area contributed by atoms with E-state index in [1.807, 2.05) is 0 Å². The van der Waals surface area contributed by atoms with Gasteiger partial charge in [-0.1, -0.05) is 27.2 Å². The van der Waals surface area contributed by atoms with Crippen molar-refractivity contribution in [2.45, 2.75) is 52.9 Å².